The summed E-state index contributed by atoms with van der Waals surface area (Å²) in [5.74, 6) is 0.577. The molecule has 2 aromatic carbocycles. The zero-order valence-electron chi connectivity index (χ0n) is 16.3. The van der Waals surface area contributed by atoms with E-state index in [4.69, 9.17) is 4.98 Å². The van der Waals surface area contributed by atoms with E-state index in [0.717, 1.165) is 42.3 Å². The fourth-order valence-corrected chi connectivity index (χ4v) is 4.61. The molecule has 1 N–H and O–H groups in total. The van der Waals surface area contributed by atoms with Crippen LogP contribution in [0.2, 0.25) is 0 Å². The van der Waals surface area contributed by atoms with Crippen LogP contribution < -0.4 is 10.2 Å². The number of hydrogen-bond donors (Lipinski definition) is 1. The van der Waals surface area contributed by atoms with Gasteiger partial charge >= 0.3 is 0 Å². The number of aromatic nitrogens is 2. The molecule has 1 saturated carbocycles. The summed E-state index contributed by atoms with van der Waals surface area (Å²) in [6, 6.07) is 17.3. The molecule has 1 aromatic heterocycles. The third-order valence-corrected chi connectivity index (χ3v) is 6.03. The Kier molecular flexibility index (Phi) is 4.54. The predicted octanol–water partition coefficient (Wildman–Crippen LogP) is 3.57. The molecule has 1 aliphatic carbocycles. The van der Waals surface area contributed by atoms with Crippen LogP contribution in [0.1, 0.15) is 43.7 Å². The number of nitrogens with one attached hydrogen (secondary N) is 1. The minimum absolute atomic E-state index is 0.0000131. The smallest absolute Gasteiger partial charge is 0.253 e. The van der Waals surface area contributed by atoms with Gasteiger partial charge in [-0.05, 0) is 30.5 Å². The Morgan fingerprint density at radius 3 is 2.55 bits per heavy atom. The maximum absolute atomic E-state index is 13.3. The molecule has 3 aromatic rings. The van der Waals surface area contributed by atoms with Crippen molar-refractivity contribution in [3.8, 4) is 0 Å². The zero-order valence-corrected chi connectivity index (χ0v) is 16.3. The number of benzene rings is 2. The van der Waals surface area contributed by atoms with Crippen LogP contribution in [0.4, 0.5) is 5.95 Å². The van der Waals surface area contributed by atoms with Crippen LogP contribution in [0.15, 0.2) is 54.6 Å². The van der Waals surface area contributed by atoms with E-state index in [1.54, 1.807) is 0 Å². The summed E-state index contributed by atoms with van der Waals surface area (Å²) in [5.41, 5.74) is 2.82. The Bertz CT molecular complexity index is 1050. The predicted molar refractivity (Wildman–Crippen MR) is 111 cm³/mol. The monoisotopic (exact) mass is 388 g/mol. The molecule has 1 aliphatic heterocycles. The summed E-state index contributed by atoms with van der Waals surface area (Å²) in [6.45, 7) is 0.463. The molecule has 2 amide bonds. The highest BCUT2D eigenvalue weighted by atomic mass is 16.2. The van der Waals surface area contributed by atoms with Gasteiger partial charge < -0.3 is 5.32 Å². The van der Waals surface area contributed by atoms with Gasteiger partial charge in [0.05, 0.1) is 17.5 Å². The number of carbonyl (C=O) groups excluding carboxylic acids is 2. The lowest BCUT2D eigenvalue weighted by molar-refractivity contribution is -0.127. The van der Waals surface area contributed by atoms with Crippen LogP contribution >= 0.6 is 0 Å². The second-order valence-corrected chi connectivity index (χ2v) is 7.90. The van der Waals surface area contributed by atoms with Crippen molar-refractivity contribution in [3.63, 3.8) is 0 Å². The summed E-state index contributed by atoms with van der Waals surface area (Å²) >= 11 is 0. The van der Waals surface area contributed by atoms with E-state index < -0.39 is 6.04 Å². The van der Waals surface area contributed by atoms with Crippen molar-refractivity contribution in [1.29, 1.82) is 0 Å². The van der Waals surface area contributed by atoms with Crippen molar-refractivity contribution in [1.82, 2.24) is 14.9 Å². The first kappa shape index (κ1) is 17.9. The second-order valence-electron chi connectivity index (χ2n) is 7.90. The van der Waals surface area contributed by atoms with Crippen LogP contribution in [0, 0.1) is 0 Å². The molecular formula is C23H24N4O2. The summed E-state index contributed by atoms with van der Waals surface area (Å²) in [7, 11) is 0. The van der Waals surface area contributed by atoms with Gasteiger partial charge in [0.15, 0.2) is 0 Å². The number of carbonyl (C=O) groups is 2. The van der Waals surface area contributed by atoms with Gasteiger partial charge in [0.2, 0.25) is 11.9 Å². The Morgan fingerprint density at radius 1 is 1.03 bits per heavy atom. The van der Waals surface area contributed by atoms with Crippen LogP contribution in [-0.4, -0.2) is 27.4 Å². The van der Waals surface area contributed by atoms with Gasteiger partial charge in [0.25, 0.3) is 5.91 Å². The topological polar surface area (TPSA) is 67.2 Å². The summed E-state index contributed by atoms with van der Waals surface area (Å²) < 4.78 is 1.97. The molecule has 6 nitrogen and oxygen atoms in total. The molecule has 0 unspecified atom stereocenters. The lowest BCUT2D eigenvalue weighted by Gasteiger charge is -2.22. The molecule has 2 aliphatic rings. The van der Waals surface area contributed by atoms with Gasteiger partial charge in [-0.25, -0.2) is 4.98 Å². The third kappa shape index (κ3) is 3.18. The fraction of sp³-hybridized carbons (Fsp3) is 0.348. The molecule has 29 heavy (non-hydrogen) atoms. The maximum Gasteiger partial charge on any atom is 0.253 e. The summed E-state index contributed by atoms with van der Waals surface area (Å²) in [5, 5.41) is 2.96. The van der Waals surface area contributed by atoms with Gasteiger partial charge in [-0.2, -0.15) is 0 Å². The minimum atomic E-state index is -0.534. The standard InChI is InChI=1S/C23H24N4O2/c28-21(24-15-16-8-2-1-3-9-16)14-20-22(29)26(17-10-4-5-11-17)23-25-18-12-6-7-13-19(18)27(20)23/h1-3,6-9,12-13,17,20H,4-5,10-11,14-15H2,(H,24,28)/t20-/m1/s1. The first-order chi connectivity index (χ1) is 14.2. The van der Waals surface area contributed by atoms with Gasteiger partial charge in [-0.15, -0.1) is 0 Å². The Labute approximate surface area is 169 Å². The van der Waals surface area contributed by atoms with Crippen molar-refractivity contribution in [3.05, 3.63) is 60.2 Å². The highest BCUT2D eigenvalue weighted by molar-refractivity contribution is 6.04. The number of rotatable bonds is 5. The van der Waals surface area contributed by atoms with Crippen LogP contribution in [0.3, 0.4) is 0 Å². The fourth-order valence-electron chi connectivity index (χ4n) is 4.61. The third-order valence-electron chi connectivity index (χ3n) is 6.03. The molecule has 148 valence electrons. The molecular weight excluding hydrogens is 364 g/mol. The van der Waals surface area contributed by atoms with E-state index >= 15 is 0 Å². The molecule has 2 heterocycles. The Balaban J connectivity index is 1.42. The average molecular weight is 388 g/mol. The van der Waals surface area contributed by atoms with E-state index in [1.807, 2.05) is 64.1 Å². The number of imidazole rings is 1. The van der Waals surface area contributed by atoms with E-state index in [-0.39, 0.29) is 24.3 Å². The van der Waals surface area contributed by atoms with Crippen LogP contribution in [-0.2, 0) is 16.1 Å². The molecule has 6 heteroatoms. The van der Waals surface area contributed by atoms with Gasteiger partial charge in [0, 0.05) is 12.6 Å². The summed E-state index contributed by atoms with van der Waals surface area (Å²) in [6.07, 6.45) is 4.40. The molecule has 1 fully saturated rings. The number of anilines is 1. The van der Waals surface area contributed by atoms with Gasteiger partial charge in [-0.3, -0.25) is 19.1 Å². The van der Waals surface area contributed by atoms with Crippen molar-refractivity contribution in [2.45, 2.75) is 50.7 Å². The number of fused-ring (bicyclic) bond motifs is 3. The number of nitrogens with zero attached hydrogens (tertiary/aromatic N) is 3. The van der Waals surface area contributed by atoms with E-state index in [0.29, 0.717) is 12.5 Å². The minimum Gasteiger partial charge on any atom is -0.352 e. The van der Waals surface area contributed by atoms with E-state index in [1.165, 1.54) is 0 Å². The van der Waals surface area contributed by atoms with Gasteiger partial charge in [0.1, 0.15) is 6.04 Å². The first-order valence-electron chi connectivity index (χ1n) is 10.3. The molecule has 5 rings (SSSR count). The number of amides is 2. The lowest BCUT2D eigenvalue weighted by atomic mass is 10.1. The first-order valence-corrected chi connectivity index (χ1v) is 10.3. The van der Waals surface area contributed by atoms with Crippen molar-refractivity contribution >= 4 is 28.8 Å². The van der Waals surface area contributed by atoms with Gasteiger partial charge in [-0.1, -0.05) is 55.3 Å². The van der Waals surface area contributed by atoms with Crippen molar-refractivity contribution < 1.29 is 9.59 Å². The molecule has 0 spiro atoms. The normalized spacial score (nSPS) is 19.1. The van der Waals surface area contributed by atoms with Crippen LogP contribution in [0.5, 0.6) is 0 Å². The highest BCUT2D eigenvalue weighted by Gasteiger charge is 2.44. The molecule has 0 radical (unpaired) electrons. The quantitative estimate of drug-likeness (QED) is 0.727. The Morgan fingerprint density at radius 2 is 1.76 bits per heavy atom. The second kappa shape index (κ2) is 7.35. The largest absolute Gasteiger partial charge is 0.352 e. The molecule has 0 bridgehead atoms. The van der Waals surface area contributed by atoms with Crippen LogP contribution in [0.25, 0.3) is 11.0 Å². The van der Waals surface area contributed by atoms with Crippen molar-refractivity contribution in [2.24, 2.45) is 0 Å². The summed E-state index contributed by atoms with van der Waals surface area (Å²) in [4.78, 5) is 32.7. The number of para-hydroxylation sites is 2. The van der Waals surface area contributed by atoms with E-state index in [9.17, 15) is 9.59 Å². The van der Waals surface area contributed by atoms with Crippen molar-refractivity contribution in [2.75, 3.05) is 4.90 Å². The average Bonchev–Trinajstić information content (AvgIpc) is 3.44. The SMILES string of the molecule is O=C(C[C@@H]1C(=O)N(C2CCCC2)c2nc3ccccc3n21)NCc1ccccc1. The number of hydrogen-bond acceptors (Lipinski definition) is 3. The highest BCUT2D eigenvalue weighted by Crippen LogP contribution is 2.40. The Hall–Kier alpha value is -3.15. The zero-order chi connectivity index (χ0) is 19.8. The molecule has 0 saturated heterocycles. The maximum atomic E-state index is 13.3. The molecule has 1 atom stereocenters. The van der Waals surface area contributed by atoms with E-state index in [2.05, 4.69) is 5.32 Å². The lowest BCUT2D eigenvalue weighted by Crippen LogP contribution is -2.38.